The molecule has 182 valence electrons. The molecule has 3 aliphatic rings. The maximum atomic E-state index is 12.0. The third-order valence-corrected chi connectivity index (χ3v) is 6.90. The Labute approximate surface area is 199 Å². The van der Waals surface area contributed by atoms with E-state index in [1.165, 1.54) is 0 Å². The van der Waals surface area contributed by atoms with E-state index in [9.17, 15) is 9.59 Å². The molecule has 0 aliphatic carbocycles. The Kier molecular flexibility index (Phi) is 7.31. The van der Waals surface area contributed by atoms with Crippen LogP contribution in [0.5, 0.6) is 11.5 Å². The molecule has 1 aromatic carbocycles. The molecule has 2 aromatic rings. The monoisotopic (exact) mass is 468 g/mol. The molecule has 0 saturated carbocycles. The number of aliphatic carboxylic acids is 1. The Hall–Kier alpha value is -3.20. The number of amides is 1. The van der Waals surface area contributed by atoms with Gasteiger partial charge < -0.3 is 19.9 Å². The van der Waals surface area contributed by atoms with E-state index in [0.717, 1.165) is 48.7 Å². The van der Waals surface area contributed by atoms with Crippen LogP contribution in [0.4, 0.5) is 0 Å². The highest BCUT2D eigenvalue weighted by Gasteiger charge is 2.41. The molecule has 1 amide bonds. The Bertz CT molecular complexity index is 1060. The number of methoxy groups -OCH3 is 2. The summed E-state index contributed by atoms with van der Waals surface area (Å²) in [6.45, 7) is 4.37. The van der Waals surface area contributed by atoms with Crippen molar-refractivity contribution in [1.82, 2.24) is 20.2 Å². The van der Waals surface area contributed by atoms with Crippen LogP contribution in [-0.4, -0.2) is 71.7 Å². The molecule has 0 radical (unpaired) electrons. The van der Waals surface area contributed by atoms with Crippen LogP contribution in [0.25, 0.3) is 11.3 Å². The topological polar surface area (TPSA) is 114 Å². The molecule has 3 fully saturated rings. The molecule has 1 aromatic heterocycles. The second kappa shape index (κ2) is 10.4. The first-order valence-electron chi connectivity index (χ1n) is 11.7. The largest absolute Gasteiger partial charge is 0.493 e. The average Bonchev–Trinajstić information content (AvgIpc) is 2.85. The van der Waals surface area contributed by atoms with Crippen molar-refractivity contribution in [2.24, 2.45) is 5.92 Å². The molecule has 2 bridgehead atoms. The van der Waals surface area contributed by atoms with Gasteiger partial charge >= 0.3 is 5.97 Å². The van der Waals surface area contributed by atoms with Crippen LogP contribution in [0.15, 0.2) is 24.3 Å². The maximum Gasteiger partial charge on any atom is 0.303 e. The van der Waals surface area contributed by atoms with Gasteiger partial charge in [0.15, 0.2) is 11.5 Å². The van der Waals surface area contributed by atoms with Gasteiger partial charge in [-0.05, 0) is 56.5 Å². The minimum atomic E-state index is -0.953. The van der Waals surface area contributed by atoms with E-state index in [0.29, 0.717) is 29.9 Å². The van der Waals surface area contributed by atoms with Gasteiger partial charge in [-0.25, -0.2) is 9.97 Å². The summed E-state index contributed by atoms with van der Waals surface area (Å²) in [6.07, 6.45) is 1.97. The van der Waals surface area contributed by atoms with Gasteiger partial charge in [0.25, 0.3) is 0 Å². The lowest BCUT2D eigenvalue weighted by Gasteiger charge is -2.49. The molecule has 4 atom stereocenters. The van der Waals surface area contributed by atoms with E-state index in [-0.39, 0.29) is 24.8 Å². The van der Waals surface area contributed by atoms with Crippen molar-refractivity contribution in [2.45, 2.75) is 44.6 Å². The van der Waals surface area contributed by atoms with Gasteiger partial charge in [-0.15, -0.1) is 0 Å². The molecule has 5 rings (SSSR count). The quantitative estimate of drug-likeness (QED) is 0.577. The summed E-state index contributed by atoms with van der Waals surface area (Å²) in [6, 6.07) is 8.16. The van der Waals surface area contributed by atoms with Crippen molar-refractivity contribution in [3.63, 3.8) is 0 Å². The summed E-state index contributed by atoms with van der Waals surface area (Å²) in [5, 5.41) is 11.7. The Morgan fingerprint density at radius 2 is 1.94 bits per heavy atom. The van der Waals surface area contributed by atoms with E-state index in [2.05, 4.69) is 21.3 Å². The van der Waals surface area contributed by atoms with Gasteiger partial charge in [-0.3, -0.25) is 14.5 Å². The first kappa shape index (κ1) is 23.9. The highest BCUT2D eigenvalue weighted by atomic mass is 16.5. The zero-order chi connectivity index (χ0) is 24.2. The number of aromatic nitrogens is 2. The third kappa shape index (κ3) is 5.30. The molecule has 1 unspecified atom stereocenters. The van der Waals surface area contributed by atoms with Gasteiger partial charge in [-0.1, -0.05) is 0 Å². The molecule has 4 heterocycles. The fraction of sp³-hybridized carbons (Fsp3) is 0.520. The fourth-order valence-corrected chi connectivity index (χ4v) is 5.15. The molecule has 3 saturated heterocycles. The normalized spacial score (nSPS) is 23.4. The van der Waals surface area contributed by atoms with Crippen LogP contribution in [0, 0.1) is 12.8 Å². The Morgan fingerprint density at radius 3 is 2.62 bits per heavy atom. The van der Waals surface area contributed by atoms with Crippen LogP contribution in [0.1, 0.15) is 43.1 Å². The number of nitrogens with zero attached hydrogens (tertiary/aromatic N) is 3. The molecule has 0 spiro atoms. The van der Waals surface area contributed by atoms with Crippen LogP contribution < -0.4 is 14.8 Å². The maximum absolute atomic E-state index is 12.0. The van der Waals surface area contributed by atoms with Crippen molar-refractivity contribution < 1.29 is 24.2 Å². The predicted octanol–water partition coefficient (Wildman–Crippen LogP) is 2.63. The Balaban J connectivity index is 1.46. The minimum Gasteiger partial charge on any atom is -0.493 e. The summed E-state index contributed by atoms with van der Waals surface area (Å²) >= 11 is 0. The molecule has 9 nitrogen and oxygen atoms in total. The molecular weight excluding hydrogens is 436 g/mol. The van der Waals surface area contributed by atoms with Crippen LogP contribution in [0.2, 0.25) is 0 Å². The lowest BCUT2D eigenvalue weighted by Crippen LogP contribution is -2.56. The summed E-state index contributed by atoms with van der Waals surface area (Å²) in [5.74, 6) is 1.72. The minimum absolute atomic E-state index is 0.0211. The first-order valence-corrected chi connectivity index (χ1v) is 11.7. The number of rotatable bonds is 9. The van der Waals surface area contributed by atoms with E-state index in [1.807, 2.05) is 25.1 Å². The third-order valence-electron chi connectivity index (χ3n) is 6.90. The van der Waals surface area contributed by atoms with Crippen molar-refractivity contribution in [1.29, 1.82) is 0 Å². The number of nitrogens with one attached hydrogen (secondary N) is 1. The number of piperidine rings is 3. The van der Waals surface area contributed by atoms with E-state index < -0.39 is 5.97 Å². The van der Waals surface area contributed by atoms with Gasteiger partial charge in [-0.2, -0.15) is 0 Å². The summed E-state index contributed by atoms with van der Waals surface area (Å²) < 4.78 is 10.8. The van der Waals surface area contributed by atoms with Crippen molar-refractivity contribution in [3.8, 4) is 22.8 Å². The number of carboxylic acid groups (broad SMARTS) is 1. The predicted molar refractivity (Wildman–Crippen MR) is 126 cm³/mol. The number of carbonyl (C=O) groups is 2. The van der Waals surface area contributed by atoms with E-state index in [4.69, 9.17) is 19.6 Å². The highest BCUT2D eigenvalue weighted by molar-refractivity contribution is 5.80. The summed E-state index contributed by atoms with van der Waals surface area (Å²) in [5.41, 5.74) is 2.87. The van der Waals surface area contributed by atoms with E-state index >= 15 is 0 Å². The molecule has 34 heavy (non-hydrogen) atoms. The van der Waals surface area contributed by atoms with Crippen molar-refractivity contribution in [2.75, 3.05) is 33.9 Å². The highest BCUT2D eigenvalue weighted by Crippen LogP contribution is 2.42. The number of benzene rings is 1. The fourth-order valence-electron chi connectivity index (χ4n) is 5.15. The molecule has 2 N–H and O–H groups in total. The average molecular weight is 469 g/mol. The second-order valence-electron chi connectivity index (χ2n) is 9.03. The summed E-state index contributed by atoms with van der Waals surface area (Å²) in [7, 11) is 3.24. The number of ether oxygens (including phenoxy) is 2. The van der Waals surface area contributed by atoms with E-state index in [1.54, 1.807) is 14.2 Å². The zero-order valence-electron chi connectivity index (χ0n) is 19.9. The molecular formula is C25H32N4O5. The lowest BCUT2D eigenvalue weighted by molar-refractivity contribution is -0.138. The number of carboxylic acids is 1. The smallest absolute Gasteiger partial charge is 0.303 e. The van der Waals surface area contributed by atoms with Crippen molar-refractivity contribution >= 4 is 11.9 Å². The number of fused-ring (bicyclic) bond motifs is 3. The molecule has 9 heteroatoms. The van der Waals surface area contributed by atoms with Gasteiger partial charge in [0, 0.05) is 42.7 Å². The zero-order valence-corrected chi connectivity index (χ0v) is 19.9. The van der Waals surface area contributed by atoms with Gasteiger partial charge in [0.2, 0.25) is 5.91 Å². The van der Waals surface area contributed by atoms with Crippen LogP contribution >= 0.6 is 0 Å². The van der Waals surface area contributed by atoms with Gasteiger partial charge in [0.05, 0.1) is 26.3 Å². The summed E-state index contributed by atoms with van der Waals surface area (Å²) in [4.78, 5) is 34.5. The Morgan fingerprint density at radius 1 is 1.15 bits per heavy atom. The lowest BCUT2D eigenvalue weighted by atomic mass is 9.74. The van der Waals surface area contributed by atoms with Crippen molar-refractivity contribution in [3.05, 3.63) is 35.8 Å². The number of hydrogen-bond acceptors (Lipinski definition) is 7. The standard InChI is InChI=1S/C25H32N4O5/c1-15-27-20(17-4-5-22(33-2)23(11-17)34-3)12-21(28-15)19-14-29-9-8-16(19)10-18(29)13-26-24(30)6-7-25(31)32/h4-5,11-12,16,18-19H,6-10,13-14H2,1-3H3,(H,26,30)(H,31,32)/t16-,18+,19+/m0/s1. The molecule has 3 aliphatic heterocycles. The number of aryl methyl sites for hydroxylation is 1. The van der Waals surface area contributed by atoms with Crippen LogP contribution in [-0.2, 0) is 9.59 Å². The van der Waals surface area contributed by atoms with Gasteiger partial charge in [0.1, 0.15) is 5.82 Å². The number of carbonyl (C=O) groups excluding carboxylic acids is 1. The number of hydrogen-bond donors (Lipinski definition) is 2. The van der Waals surface area contributed by atoms with Crippen LogP contribution in [0.3, 0.4) is 0 Å². The SMILES string of the molecule is COc1ccc(-c2cc([C@@H]3CN4CC[C@H]3C[C@@H]4CNC(=O)CCC(=O)O)nc(C)n2)cc1OC. The first-order chi connectivity index (χ1) is 16.4. The second-order valence-corrected chi connectivity index (χ2v) is 9.03.